The predicted molar refractivity (Wildman–Crippen MR) is 124 cm³/mol. The predicted octanol–water partition coefficient (Wildman–Crippen LogP) is 4.36. The quantitative estimate of drug-likeness (QED) is 0.510. The van der Waals surface area contributed by atoms with Gasteiger partial charge in [0.1, 0.15) is 11.5 Å². The Morgan fingerprint density at radius 2 is 1.61 bits per heavy atom. The van der Waals surface area contributed by atoms with E-state index in [1.54, 1.807) is 48.5 Å². The number of anilines is 1. The summed E-state index contributed by atoms with van der Waals surface area (Å²) in [4.78, 5) is 16.6. The lowest BCUT2D eigenvalue weighted by Crippen LogP contribution is -2.32. The molecule has 1 aliphatic carbocycles. The second-order valence-corrected chi connectivity index (χ2v) is 9.43. The van der Waals surface area contributed by atoms with Gasteiger partial charge in [0.05, 0.1) is 17.6 Å². The van der Waals surface area contributed by atoms with E-state index in [4.69, 9.17) is 9.47 Å². The molecule has 0 radical (unpaired) electrons. The molecule has 0 saturated heterocycles. The van der Waals surface area contributed by atoms with Crippen LogP contribution in [0.3, 0.4) is 0 Å². The van der Waals surface area contributed by atoms with Gasteiger partial charge in [0.25, 0.3) is 15.9 Å². The molecule has 2 aromatic carbocycles. The highest BCUT2D eigenvalue weighted by Crippen LogP contribution is 2.24. The molecule has 0 atom stereocenters. The maximum absolute atomic E-state index is 12.5. The lowest BCUT2D eigenvalue weighted by atomic mass is 10.2. The summed E-state index contributed by atoms with van der Waals surface area (Å²) in [7, 11) is -2.21. The fourth-order valence-corrected chi connectivity index (χ4v) is 4.65. The van der Waals surface area contributed by atoms with Crippen LogP contribution in [0.2, 0.25) is 0 Å². The van der Waals surface area contributed by atoms with E-state index in [9.17, 15) is 13.2 Å². The summed E-state index contributed by atoms with van der Waals surface area (Å²) in [6.07, 6.45) is 5.82. The highest BCUT2D eigenvalue weighted by Gasteiger charge is 2.18. The molecule has 1 heterocycles. The second-order valence-electron chi connectivity index (χ2n) is 7.75. The van der Waals surface area contributed by atoms with Gasteiger partial charge < -0.3 is 14.8 Å². The van der Waals surface area contributed by atoms with Crippen molar-refractivity contribution in [2.75, 3.05) is 11.8 Å². The van der Waals surface area contributed by atoms with Gasteiger partial charge in [-0.2, -0.15) is 0 Å². The maximum atomic E-state index is 12.5. The average molecular weight is 468 g/mol. The second kappa shape index (κ2) is 9.91. The monoisotopic (exact) mass is 467 g/mol. The molecule has 4 rings (SSSR count). The molecule has 1 fully saturated rings. The molecular formula is C24H25N3O5S. The molecule has 0 unspecified atom stereocenters. The molecule has 8 nitrogen and oxygen atoms in total. The van der Waals surface area contributed by atoms with Gasteiger partial charge in [-0.15, -0.1) is 0 Å². The van der Waals surface area contributed by atoms with Crippen LogP contribution < -0.4 is 19.5 Å². The maximum Gasteiger partial charge on any atom is 0.261 e. The largest absolute Gasteiger partial charge is 0.497 e. The Bertz CT molecular complexity index is 1190. The number of sulfonamides is 1. The van der Waals surface area contributed by atoms with Crippen LogP contribution in [0, 0.1) is 0 Å². The van der Waals surface area contributed by atoms with Crippen molar-refractivity contribution in [1.82, 2.24) is 10.3 Å². The standard InChI is InChI=1S/C24H25N3O5S/c1-31-20-11-13-22(14-12-20)33(29,30)27-19-7-9-21(10-8-19)32-23-15-6-17(16-25-23)24(28)26-18-4-2-3-5-18/h6-16,18,27H,2-5H2,1H3,(H,26,28). The molecule has 9 heteroatoms. The third-order valence-corrected chi connectivity index (χ3v) is 6.78. The van der Waals surface area contributed by atoms with Gasteiger partial charge in [-0.1, -0.05) is 12.8 Å². The number of carbonyl (C=O) groups excluding carboxylic acids is 1. The minimum Gasteiger partial charge on any atom is -0.497 e. The smallest absolute Gasteiger partial charge is 0.261 e. The van der Waals surface area contributed by atoms with Crippen molar-refractivity contribution in [3.05, 3.63) is 72.4 Å². The van der Waals surface area contributed by atoms with Gasteiger partial charge in [0, 0.05) is 24.0 Å². The van der Waals surface area contributed by atoms with Crippen LogP contribution in [-0.4, -0.2) is 32.5 Å². The first-order chi connectivity index (χ1) is 15.9. The molecule has 0 spiro atoms. The molecule has 1 saturated carbocycles. The number of aromatic nitrogens is 1. The number of pyridine rings is 1. The number of nitrogens with zero attached hydrogens (tertiary/aromatic N) is 1. The molecule has 0 bridgehead atoms. The molecule has 33 heavy (non-hydrogen) atoms. The summed E-state index contributed by atoms with van der Waals surface area (Å²) in [6, 6.07) is 16.1. The normalized spacial score (nSPS) is 14.0. The van der Waals surface area contributed by atoms with Crippen LogP contribution >= 0.6 is 0 Å². The Morgan fingerprint density at radius 3 is 2.21 bits per heavy atom. The third-order valence-electron chi connectivity index (χ3n) is 5.39. The highest BCUT2D eigenvalue weighted by atomic mass is 32.2. The number of hydrogen-bond donors (Lipinski definition) is 2. The van der Waals surface area contributed by atoms with Gasteiger partial charge in [-0.25, -0.2) is 13.4 Å². The van der Waals surface area contributed by atoms with Crippen LogP contribution in [0.4, 0.5) is 5.69 Å². The summed E-state index contributed by atoms with van der Waals surface area (Å²) in [5, 5.41) is 3.02. The van der Waals surface area contributed by atoms with Crippen molar-refractivity contribution in [2.45, 2.75) is 36.6 Å². The first kappa shape index (κ1) is 22.6. The summed E-state index contributed by atoms with van der Waals surface area (Å²) in [6.45, 7) is 0. The van der Waals surface area contributed by atoms with Gasteiger partial charge in [0.2, 0.25) is 5.88 Å². The summed E-state index contributed by atoms with van der Waals surface area (Å²) in [5.74, 6) is 1.26. The molecule has 3 aromatic rings. The third kappa shape index (κ3) is 5.81. The summed E-state index contributed by atoms with van der Waals surface area (Å²) >= 11 is 0. The molecule has 1 amide bonds. The first-order valence-electron chi connectivity index (χ1n) is 10.6. The van der Waals surface area contributed by atoms with E-state index in [0.717, 1.165) is 25.7 Å². The SMILES string of the molecule is COc1ccc(S(=O)(=O)Nc2ccc(Oc3ccc(C(=O)NC4CCCC4)cn3)cc2)cc1. The highest BCUT2D eigenvalue weighted by molar-refractivity contribution is 7.92. The van der Waals surface area contributed by atoms with Crippen molar-refractivity contribution in [1.29, 1.82) is 0 Å². The van der Waals surface area contributed by atoms with Crippen molar-refractivity contribution < 1.29 is 22.7 Å². The number of methoxy groups -OCH3 is 1. The van der Waals surface area contributed by atoms with Gasteiger partial charge in [0.15, 0.2) is 0 Å². The van der Waals surface area contributed by atoms with E-state index in [2.05, 4.69) is 15.0 Å². The van der Waals surface area contributed by atoms with E-state index in [0.29, 0.717) is 28.6 Å². The Labute approximate surface area is 193 Å². The number of amides is 1. The zero-order chi connectivity index (χ0) is 23.3. The molecule has 2 N–H and O–H groups in total. The van der Waals surface area contributed by atoms with Crippen LogP contribution in [0.5, 0.6) is 17.4 Å². The molecule has 0 aliphatic heterocycles. The fourth-order valence-electron chi connectivity index (χ4n) is 3.59. The lowest BCUT2D eigenvalue weighted by Gasteiger charge is -2.12. The topological polar surface area (TPSA) is 107 Å². The Hall–Kier alpha value is -3.59. The number of nitrogens with one attached hydrogen (secondary N) is 2. The summed E-state index contributed by atoms with van der Waals surface area (Å²) in [5.41, 5.74) is 0.877. The molecule has 1 aliphatic rings. The minimum absolute atomic E-state index is 0.130. The van der Waals surface area contributed by atoms with E-state index in [-0.39, 0.29) is 16.8 Å². The zero-order valence-corrected chi connectivity index (χ0v) is 19.0. The molecular weight excluding hydrogens is 442 g/mol. The first-order valence-corrected chi connectivity index (χ1v) is 12.1. The van der Waals surface area contributed by atoms with E-state index < -0.39 is 10.0 Å². The Balaban J connectivity index is 1.35. The molecule has 1 aromatic heterocycles. The molecule has 172 valence electrons. The minimum atomic E-state index is -3.73. The van der Waals surface area contributed by atoms with Gasteiger partial charge in [-0.05, 0) is 67.4 Å². The van der Waals surface area contributed by atoms with Crippen molar-refractivity contribution >= 4 is 21.6 Å². The Morgan fingerprint density at radius 1 is 0.939 bits per heavy atom. The van der Waals surface area contributed by atoms with Crippen molar-refractivity contribution in [3.8, 4) is 17.4 Å². The van der Waals surface area contributed by atoms with E-state index >= 15 is 0 Å². The zero-order valence-electron chi connectivity index (χ0n) is 18.2. The number of rotatable bonds is 8. The van der Waals surface area contributed by atoms with Crippen LogP contribution in [0.15, 0.2) is 71.8 Å². The van der Waals surface area contributed by atoms with E-state index in [1.165, 1.54) is 25.4 Å². The van der Waals surface area contributed by atoms with Crippen LogP contribution in [0.25, 0.3) is 0 Å². The van der Waals surface area contributed by atoms with Crippen molar-refractivity contribution in [2.24, 2.45) is 0 Å². The number of benzene rings is 2. The summed E-state index contributed by atoms with van der Waals surface area (Å²) < 4.78 is 38.4. The average Bonchev–Trinajstić information content (AvgIpc) is 3.34. The van der Waals surface area contributed by atoms with Crippen LogP contribution in [0.1, 0.15) is 36.0 Å². The number of ether oxygens (including phenoxy) is 2. The fraction of sp³-hybridized carbons (Fsp3) is 0.250. The number of hydrogen-bond acceptors (Lipinski definition) is 6. The Kier molecular flexibility index (Phi) is 6.79. The van der Waals surface area contributed by atoms with Crippen molar-refractivity contribution in [3.63, 3.8) is 0 Å². The van der Waals surface area contributed by atoms with E-state index in [1.807, 2.05) is 0 Å². The lowest BCUT2D eigenvalue weighted by molar-refractivity contribution is 0.0937. The number of carbonyl (C=O) groups is 1. The van der Waals surface area contributed by atoms with Crippen LogP contribution in [-0.2, 0) is 10.0 Å². The van der Waals surface area contributed by atoms with Gasteiger partial charge in [-0.3, -0.25) is 9.52 Å². The van der Waals surface area contributed by atoms with Gasteiger partial charge >= 0.3 is 0 Å².